The molecule has 0 radical (unpaired) electrons. The zero-order valence-electron chi connectivity index (χ0n) is 17.9. The highest BCUT2D eigenvalue weighted by molar-refractivity contribution is 6.01. The van der Waals surface area contributed by atoms with Crippen LogP contribution in [0.1, 0.15) is 41.6 Å². The predicted octanol–water partition coefficient (Wildman–Crippen LogP) is 4.45. The number of aromatic nitrogens is 3. The maximum absolute atomic E-state index is 13.8. The number of amides is 1. The molecule has 2 aromatic heterocycles. The Morgan fingerprint density at radius 2 is 1.91 bits per heavy atom. The van der Waals surface area contributed by atoms with Crippen molar-refractivity contribution in [3.05, 3.63) is 71.9 Å². The second-order valence-electron chi connectivity index (χ2n) is 8.60. The van der Waals surface area contributed by atoms with Crippen LogP contribution in [0, 0.1) is 18.7 Å². The van der Waals surface area contributed by atoms with E-state index < -0.39 is 0 Å². The fraction of sp³-hybridized carbons (Fsp3) is 0.360. The van der Waals surface area contributed by atoms with E-state index >= 15 is 0 Å². The normalized spacial score (nSPS) is 22.1. The second-order valence-corrected chi connectivity index (χ2v) is 8.60. The molecule has 3 atom stereocenters. The Hall–Kier alpha value is -3.35. The maximum Gasteiger partial charge on any atom is 0.255 e. The van der Waals surface area contributed by atoms with Crippen molar-refractivity contribution in [3.8, 4) is 17.3 Å². The van der Waals surface area contributed by atoms with Crippen molar-refractivity contribution in [1.29, 1.82) is 0 Å². The zero-order chi connectivity index (χ0) is 22.1. The van der Waals surface area contributed by atoms with E-state index in [0.717, 1.165) is 43.0 Å². The van der Waals surface area contributed by atoms with E-state index in [9.17, 15) is 9.18 Å². The summed E-state index contributed by atoms with van der Waals surface area (Å²) in [5.41, 5.74) is 2.43. The minimum atomic E-state index is -0.387. The summed E-state index contributed by atoms with van der Waals surface area (Å²) < 4.78 is 19.0. The van der Waals surface area contributed by atoms with Crippen LogP contribution in [0.2, 0.25) is 0 Å². The van der Waals surface area contributed by atoms with E-state index in [4.69, 9.17) is 4.74 Å². The van der Waals surface area contributed by atoms with Crippen LogP contribution in [0.25, 0.3) is 11.4 Å². The molecule has 1 amide bonds. The van der Waals surface area contributed by atoms with Gasteiger partial charge in [0.1, 0.15) is 5.82 Å². The van der Waals surface area contributed by atoms with Crippen molar-refractivity contribution in [3.63, 3.8) is 0 Å². The standard InChI is InChI=1S/C25H25FN4O2/c1-16-3-8-20(24-27-11-2-12-28-24)21(13-16)25(31)30-19-6-4-17(22(30)9-7-19)15-32-23-10-5-18(26)14-29-23/h2-3,5,8,10-14,17,19,22H,4,6-7,9,15H2,1H3/t17-,19+,22?/m0/s1. The van der Waals surface area contributed by atoms with Gasteiger partial charge in [-0.15, -0.1) is 0 Å². The Balaban J connectivity index is 1.39. The predicted molar refractivity (Wildman–Crippen MR) is 118 cm³/mol. The smallest absolute Gasteiger partial charge is 0.255 e. The minimum Gasteiger partial charge on any atom is -0.477 e. The van der Waals surface area contributed by atoms with E-state index in [1.165, 1.54) is 12.1 Å². The summed E-state index contributed by atoms with van der Waals surface area (Å²) in [6.07, 6.45) is 8.46. The number of benzene rings is 1. The fourth-order valence-corrected chi connectivity index (χ4v) is 5.02. The lowest BCUT2D eigenvalue weighted by atomic mass is 9.89. The Kier molecular flexibility index (Phi) is 5.55. The Morgan fingerprint density at radius 1 is 1.09 bits per heavy atom. The highest BCUT2D eigenvalue weighted by Crippen LogP contribution is 2.41. The van der Waals surface area contributed by atoms with Crippen molar-refractivity contribution >= 4 is 5.91 Å². The molecule has 5 rings (SSSR count). The number of carbonyl (C=O) groups is 1. The first-order chi connectivity index (χ1) is 15.6. The average Bonchev–Trinajstić information content (AvgIpc) is 3.13. The number of fused-ring (bicyclic) bond motifs is 2. The third-order valence-corrected chi connectivity index (χ3v) is 6.55. The first kappa shape index (κ1) is 20.5. The van der Waals surface area contributed by atoms with E-state index in [-0.39, 0.29) is 29.7 Å². The lowest BCUT2D eigenvalue weighted by Crippen LogP contribution is -2.49. The fourth-order valence-electron chi connectivity index (χ4n) is 5.02. The topological polar surface area (TPSA) is 68.2 Å². The number of carbonyl (C=O) groups excluding carboxylic acids is 1. The second kappa shape index (κ2) is 8.65. The average molecular weight is 432 g/mol. The number of hydrogen-bond acceptors (Lipinski definition) is 5. The van der Waals surface area contributed by atoms with Crippen LogP contribution in [0.3, 0.4) is 0 Å². The maximum atomic E-state index is 13.8. The van der Waals surface area contributed by atoms with Crippen LogP contribution in [0.15, 0.2) is 55.0 Å². The molecule has 2 saturated heterocycles. The van der Waals surface area contributed by atoms with Gasteiger partial charge >= 0.3 is 0 Å². The SMILES string of the molecule is Cc1ccc(-c2ncccn2)c(C(=O)N2C3CC[C@H]2CC[C@H]3COc2ccc(F)cn2)c1. The molecular formula is C25H25FN4O2. The number of piperidine rings is 1. The van der Waals surface area contributed by atoms with Crippen LogP contribution >= 0.6 is 0 Å². The summed E-state index contributed by atoms with van der Waals surface area (Å²) in [4.78, 5) is 28.6. The number of halogens is 1. The van der Waals surface area contributed by atoms with Crippen LogP contribution < -0.4 is 4.74 Å². The first-order valence-corrected chi connectivity index (χ1v) is 11.0. The summed E-state index contributed by atoms with van der Waals surface area (Å²) in [6.45, 7) is 2.45. The van der Waals surface area contributed by atoms with Gasteiger partial charge in [-0.2, -0.15) is 0 Å². The Bertz CT molecular complexity index is 1110. The number of ether oxygens (including phenoxy) is 1. The van der Waals surface area contributed by atoms with Crippen molar-refractivity contribution < 1.29 is 13.9 Å². The van der Waals surface area contributed by atoms with Gasteiger partial charge in [-0.05, 0) is 50.8 Å². The summed E-state index contributed by atoms with van der Waals surface area (Å²) in [5.74, 6) is 0.829. The summed E-state index contributed by atoms with van der Waals surface area (Å²) in [5, 5.41) is 0. The van der Waals surface area contributed by atoms with E-state index in [1.54, 1.807) is 18.5 Å². The zero-order valence-corrected chi connectivity index (χ0v) is 17.9. The van der Waals surface area contributed by atoms with Gasteiger partial charge in [0, 0.05) is 42.0 Å². The Morgan fingerprint density at radius 3 is 2.69 bits per heavy atom. The molecular weight excluding hydrogens is 407 g/mol. The van der Waals surface area contributed by atoms with Gasteiger partial charge in [0.2, 0.25) is 5.88 Å². The van der Waals surface area contributed by atoms with Crippen molar-refractivity contribution in [2.24, 2.45) is 5.92 Å². The molecule has 4 heterocycles. The highest BCUT2D eigenvalue weighted by Gasteiger charge is 2.45. The van der Waals surface area contributed by atoms with E-state index in [2.05, 4.69) is 19.9 Å². The van der Waals surface area contributed by atoms with Crippen LogP contribution in [0.5, 0.6) is 5.88 Å². The summed E-state index contributed by atoms with van der Waals surface area (Å²) in [6, 6.07) is 10.9. The van der Waals surface area contributed by atoms with E-state index in [0.29, 0.717) is 23.9 Å². The van der Waals surface area contributed by atoms with Crippen molar-refractivity contribution in [1.82, 2.24) is 19.9 Å². The molecule has 2 aliphatic rings. The van der Waals surface area contributed by atoms with Crippen LogP contribution in [0.4, 0.5) is 4.39 Å². The van der Waals surface area contributed by atoms with Crippen molar-refractivity contribution in [2.45, 2.75) is 44.7 Å². The molecule has 0 saturated carbocycles. The van der Waals surface area contributed by atoms with Gasteiger partial charge in [-0.1, -0.05) is 17.7 Å². The number of hydrogen-bond donors (Lipinski definition) is 0. The van der Waals surface area contributed by atoms with Gasteiger partial charge in [0.25, 0.3) is 5.91 Å². The lowest BCUT2D eigenvalue weighted by Gasteiger charge is -2.40. The number of nitrogens with zero attached hydrogens (tertiary/aromatic N) is 4. The molecule has 1 aromatic carbocycles. The molecule has 1 unspecified atom stereocenters. The number of pyridine rings is 1. The molecule has 3 aromatic rings. The number of rotatable bonds is 5. The third-order valence-electron chi connectivity index (χ3n) is 6.55. The van der Waals surface area contributed by atoms with Gasteiger partial charge in [-0.25, -0.2) is 19.3 Å². The molecule has 0 spiro atoms. The van der Waals surface area contributed by atoms with Crippen LogP contribution in [-0.4, -0.2) is 44.4 Å². The van der Waals surface area contributed by atoms with Crippen LogP contribution in [-0.2, 0) is 0 Å². The molecule has 164 valence electrons. The molecule has 2 bridgehead atoms. The largest absolute Gasteiger partial charge is 0.477 e. The minimum absolute atomic E-state index is 0.0354. The first-order valence-electron chi connectivity index (χ1n) is 11.0. The number of aryl methyl sites for hydroxylation is 1. The molecule has 2 fully saturated rings. The molecule has 0 N–H and O–H groups in total. The molecule has 2 aliphatic heterocycles. The quantitative estimate of drug-likeness (QED) is 0.596. The van der Waals surface area contributed by atoms with Gasteiger partial charge in [-0.3, -0.25) is 4.79 Å². The molecule has 6 nitrogen and oxygen atoms in total. The summed E-state index contributed by atoms with van der Waals surface area (Å²) >= 11 is 0. The van der Waals surface area contributed by atoms with E-state index in [1.807, 2.05) is 25.1 Å². The van der Waals surface area contributed by atoms with Gasteiger partial charge < -0.3 is 9.64 Å². The van der Waals surface area contributed by atoms with Gasteiger partial charge in [0.15, 0.2) is 5.82 Å². The molecule has 0 aliphatic carbocycles. The molecule has 7 heteroatoms. The highest BCUT2D eigenvalue weighted by atomic mass is 19.1. The Labute approximate surface area is 186 Å². The molecule has 32 heavy (non-hydrogen) atoms. The van der Waals surface area contributed by atoms with Crippen molar-refractivity contribution in [2.75, 3.05) is 6.61 Å². The third kappa shape index (κ3) is 3.95. The van der Waals surface area contributed by atoms with Gasteiger partial charge in [0.05, 0.1) is 18.4 Å². The lowest BCUT2D eigenvalue weighted by molar-refractivity contribution is 0.0403. The monoisotopic (exact) mass is 432 g/mol. The summed E-state index contributed by atoms with van der Waals surface area (Å²) in [7, 11) is 0.